The number of hydrogen-bond acceptors (Lipinski definition) is 7. The molecule has 242 valence electrons. The number of ether oxygens (including phenoxy) is 1. The number of benzene rings is 2. The first kappa shape index (κ1) is 31.5. The van der Waals surface area contributed by atoms with Gasteiger partial charge in [0.25, 0.3) is 0 Å². The first-order valence-corrected chi connectivity index (χ1v) is 16.1. The van der Waals surface area contributed by atoms with Crippen LogP contribution in [0.4, 0.5) is 11.4 Å². The number of nitrogen functional groups attached to an aromatic ring is 1. The molecule has 5 N–H and O–H groups in total. The number of carbonyl (C=O) groups is 1. The first-order chi connectivity index (χ1) is 22.3. The molecule has 2 aromatic carbocycles. The average molecular weight is 624 g/mol. The fourth-order valence-corrected chi connectivity index (χ4v) is 7.04. The van der Waals surface area contributed by atoms with Gasteiger partial charge in [0.1, 0.15) is 18.0 Å². The standard InChI is InChI=1S/C35H45N9O2/c1-25(42-13-9-27(10-14-42)26-3-5-28(6-4-26)32(37)40-24-39-2)22-41-15-11-35(23-41)12-16-44(34(35)45)29-7-8-31(36)30(21-29)33(38)43-17-19-46-20-18-43/h3-9,21,24,38H,1,10-20,22-23,36H2,2H3,(H2,37,39,40)/t35-/m0/s1. The van der Waals surface area contributed by atoms with E-state index >= 15 is 0 Å². The van der Waals surface area contributed by atoms with Crippen LogP contribution in [-0.2, 0) is 9.53 Å². The van der Waals surface area contributed by atoms with Gasteiger partial charge in [0.05, 0.1) is 18.6 Å². The fraction of sp³-hybridized carbons (Fsp3) is 0.429. The predicted octanol–water partition coefficient (Wildman–Crippen LogP) is 3.02. The number of nitrogens with one attached hydrogen (secondary N) is 1. The molecule has 0 bridgehead atoms. The highest BCUT2D eigenvalue weighted by Gasteiger charge is 2.51. The van der Waals surface area contributed by atoms with Gasteiger partial charge in [-0.2, -0.15) is 0 Å². The lowest BCUT2D eigenvalue weighted by Gasteiger charge is -2.32. The quantitative estimate of drug-likeness (QED) is 0.233. The van der Waals surface area contributed by atoms with Crippen LogP contribution in [0.1, 0.15) is 36.0 Å². The second-order valence-corrected chi connectivity index (χ2v) is 12.6. The summed E-state index contributed by atoms with van der Waals surface area (Å²) in [6.45, 7) is 11.8. The average Bonchev–Trinajstić information content (AvgIpc) is 3.65. The summed E-state index contributed by atoms with van der Waals surface area (Å²) in [5, 5.41) is 8.77. The van der Waals surface area contributed by atoms with Gasteiger partial charge in [0, 0.05) is 81.1 Å². The van der Waals surface area contributed by atoms with E-state index < -0.39 is 0 Å². The molecule has 1 amide bonds. The lowest BCUT2D eigenvalue weighted by atomic mass is 9.85. The third-order valence-electron chi connectivity index (χ3n) is 9.80. The van der Waals surface area contributed by atoms with E-state index in [0.29, 0.717) is 55.8 Å². The van der Waals surface area contributed by atoms with Crippen LogP contribution in [0.5, 0.6) is 0 Å². The number of morpholine rings is 1. The molecule has 4 aliphatic rings. The van der Waals surface area contributed by atoms with Crippen molar-refractivity contribution < 1.29 is 9.53 Å². The molecule has 11 heteroatoms. The summed E-state index contributed by atoms with van der Waals surface area (Å²) in [6.07, 6.45) is 6.35. The van der Waals surface area contributed by atoms with Crippen LogP contribution in [0, 0.1) is 10.8 Å². The summed E-state index contributed by atoms with van der Waals surface area (Å²) in [4.78, 5) is 30.5. The monoisotopic (exact) mass is 623 g/mol. The number of likely N-dealkylation sites (tertiary alicyclic amines) is 1. The second kappa shape index (κ2) is 13.5. The zero-order valence-corrected chi connectivity index (χ0v) is 26.8. The van der Waals surface area contributed by atoms with Gasteiger partial charge in [-0.05, 0) is 55.1 Å². The van der Waals surface area contributed by atoms with E-state index in [0.717, 1.165) is 68.9 Å². The maximum absolute atomic E-state index is 13.9. The minimum atomic E-state index is -0.377. The smallest absolute Gasteiger partial charge is 0.234 e. The molecule has 11 nitrogen and oxygen atoms in total. The van der Waals surface area contributed by atoms with Gasteiger partial charge in [-0.15, -0.1) is 0 Å². The Hall–Kier alpha value is -4.48. The van der Waals surface area contributed by atoms with Gasteiger partial charge in [-0.3, -0.25) is 20.1 Å². The second-order valence-electron chi connectivity index (χ2n) is 12.6. The van der Waals surface area contributed by atoms with Gasteiger partial charge in [-0.25, -0.2) is 4.99 Å². The van der Waals surface area contributed by atoms with E-state index in [1.165, 1.54) is 17.5 Å². The highest BCUT2D eigenvalue weighted by atomic mass is 16.5. The number of carbonyl (C=O) groups excluding carboxylic acids is 1. The van der Waals surface area contributed by atoms with E-state index in [1.807, 2.05) is 40.1 Å². The molecular weight excluding hydrogens is 578 g/mol. The van der Waals surface area contributed by atoms with E-state index in [2.05, 4.69) is 44.6 Å². The maximum Gasteiger partial charge on any atom is 0.234 e. The molecule has 6 rings (SSSR count). The molecule has 3 saturated heterocycles. The molecule has 2 aromatic rings. The fourth-order valence-electron chi connectivity index (χ4n) is 7.04. The molecule has 1 spiro atoms. The first-order valence-electron chi connectivity index (χ1n) is 16.1. The number of amides is 1. The molecule has 1 atom stereocenters. The predicted molar refractivity (Wildman–Crippen MR) is 185 cm³/mol. The van der Waals surface area contributed by atoms with Gasteiger partial charge < -0.3 is 30.9 Å². The van der Waals surface area contributed by atoms with Crippen LogP contribution in [-0.4, -0.2) is 111 Å². The molecular formula is C35H45N9O2. The van der Waals surface area contributed by atoms with Crippen molar-refractivity contribution in [3.05, 3.63) is 77.5 Å². The molecule has 0 aromatic heterocycles. The van der Waals surface area contributed by atoms with Crippen LogP contribution < -0.4 is 16.4 Å². The Morgan fingerprint density at radius 3 is 2.54 bits per heavy atom. The zero-order chi connectivity index (χ0) is 32.3. The number of nitrogens with two attached hydrogens (primary N) is 2. The van der Waals surface area contributed by atoms with Crippen LogP contribution in [0.2, 0.25) is 0 Å². The molecule has 0 unspecified atom stereocenters. The van der Waals surface area contributed by atoms with Gasteiger partial charge >= 0.3 is 0 Å². The van der Waals surface area contributed by atoms with Crippen LogP contribution >= 0.6 is 0 Å². The molecule has 46 heavy (non-hydrogen) atoms. The van der Waals surface area contributed by atoms with Gasteiger partial charge in [0.15, 0.2) is 0 Å². The highest BCUT2D eigenvalue weighted by Crippen LogP contribution is 2.43. The highest BCUT2D eigenvalue weighted by molar-refractivity contribution is 6.05. The number of rotatable bonds is 8. The van der Waals surface area contributed by atoms with Crippen LogP contribution in [0.15, 0.2) is 70.8 Å². The van der Waals surface area contributed by atoms with Crippen molar-refractivity contribution >= 4 is 40.9 Å². The SMILES string of the molecule is C=C(CN1CC[C@]2(CCN(c3ccc(N)c(C(=N)N4CCOCC4)c3)C2=O)C1)N1CC=C(c2ccc(C(N)=NC=NC)cc2)CC1. The minimum absolute atomic E-state index is 0.178. The minimum Gasteiger partial charge on any atom is -0.398 e. The lowest BCUT2D eigenvalue weighted by molar-refractivity contribution is -0.125. The number of hydrogen-bond donors (Lipinski definition) is 3. The summed E-state index contributed by atoms with van der Waals surface area (Å²) in [5.74, 6) is 1.02. The third-order valence-corrected chi connectivity index (χ3v) is 9.80. The molecule has 3 fully saturated rings. The summed E-state index contributed by atoms with van der Waals surface area (Å²) in [5.41, 5.74) is 18.5. The van der Waals surface area contributed by atoms with Gasteiger partial charge in [0.2, 0.25) is 5.91 Å². The number of aliphatic imine (C=N–C) groups is 2. The number of anilines is 2. The van der Waals surface area contributed by atoms with Crippen LogP contribution in [0.25, 0.3) is 5.57 Å². The van der Waals surface area contributed by atoms with E-state index in [9.17, 15) is 4.79 Å². The van der Waals surface area contributed by atoms with Crippen molar-refractivity contribution in [3.63, 3.8) is 0 Å². The Bertz CT molecular complexity index is 1570. The lowest BCUT2D eigenvalue weighted by Crippen LogP contribution is -2.41. The van der Waals surface area contributed by atoms with Crippen molar-refractivity contribution in [2.24, 2.45) is 21.1 Å². The van der Waals surface area contributed by atoms with Crippen molar-refractivity contribution in [2.75, 3.05) is 83.3 Å². The Labute approximate surface area is 271 Å². The summed E-state index contributed by atoms with van der Waals surface area (Å²) in [7, 11) is 1.67. The molecule has 4 aliphatic heterocycles. The van der Waals surface area contributed by atoms with E-state index in [4.69, 9.17) is 21.6 Å². The largest absolute Gasteiger partial charge is 0.398 e. The number of amidine groups is 2. The molecule has 0 radical (unpaired) electrons. The van der Waals surface area contributed by atoms with Gasteiger partial charge in [-0.1, -0.05) is 36.9 Å². The Kier molecular flexibility index (Phi) is 9.23. The number of nitrogens with zero attached hydrogens (tertiary/aromatic N) is 6. The van der Waals surface area contributed by atoms with Crippen molar-refractivity contribution in [1.82, 2.24) is 14.7 Å². The van der Waals surface area contributed by atoms with Crippen LogP contribution in [0.3, 0.4) is 0 Å². The Morgan fingerprint density at radius 2 is 1.83 bits per heavy atom. The van der Waals surface area contributed by atoms with Crippen molar-refractivity contribution in [3.8, 4) is 0 Å². The molecule has 0 aliphatic carbocycles. The zero-order valence-electron chi connectivity index (χ0n) is 26.8. The van der Waals surface area contributed by atoms with E-state index in [1.54, 1.807) is 7.05 Å². The summed E-state index contributed by atoms with van der Waals surface area (Å²) < 4.78 is 5.45. The van der Waals surface area contributed by atoms with Crippen molar-refractivity contribution in [1.29, 1.82) is 5.41 Å². The topological polar surface area (TPSA) is 140 Å². The Morgan fingerprint density at radius 1 is 1.07 bits per heavy atom. The summed E-state index contributed by atoms with van der Waals surface area (Å²) >= 11 is 0. The Balaban J connectivity index is 1.04. The molecule has 4 heterocycles. The third kappa shape index (κ3) is 6.43. The van der Waals surface area contributed by atoms with E-state index in [-0.39, 0.29) is 11.3 Å². The van der Waals surface area contributed by atoms with Crippen molar-refractivity contribution in [2.45, 2.75) is 19.3 Å². The maximum atomic E-state index is 13.9. The molecule has 0 saturated carbocycles. The normalized spacial score (nSPS) is 22.7. The summed E-state index contributed by atoms with van der Waals surface area (Å²) in [6, 6.07) is 13.9.